The highest BCUT2D eigenvalue weighted by atomic mass is 35.5. The van der Waals surface area contributed by atoms with Gasteiger partial charge in [-0.1, -0.05) is 23.2 Å². The summed E-state index contributed by atoms with van der Waals surface area (Å²) in [4.78, 5) is 0. The molecular weight excluding hydrogens is 177 g/mol. The Morgan fingerprint density at radius 3 is 1.56 bits per heavy atom. The quantitative estimate of drug-likeness (QED) is 0.527. The van der Waals surface area contributed by atoms with Crippen LogP contribution in [-0.4, -0.2) is 17.4 Å². The first-order chi connectivity index (χ1) is 4.01. The lowest BCUT2D eigenvalue weighted by molar-refractivity contribution is -0.344. The van der Waals surface area contributed by atoms with E-state index >= 15 is 0 Å². The fourth-order valence-electron chi connectivity index (χ4n) is 0.397. The van der Waals surface area contributed by atoms with Crippen molar-refractivity contribution in [1.82, 2.24) is 0 Å². The molecule has 0 N–H and O–H groups in total. The van der Waals surface area contributed by atoms with Crippen molar-refractivity contribution in [2.75, 3.05) is 0 Å². The molecule has 2 atom stereocenters. The van der Waals surface area contributed by atoms with E-state index in [0.717, 1.165) is 0 Å². The van der Waals surface area contributed by atoms with Crippen LogP contribution in [0.15, 0.2) is 0 Å². The molecule has 1 rings (SSSR count). The number of halogens is 4. The third-order valence-corrected chi connectivity index (χ3v) is 1.47. The number of hydrogen-bond acceptors (Lipinski definition) is 2. The van der Waals surface area contributed by atoms with Crippen molar-refractivity contribution in [1.29, 1.82) is 0 Å². The summed E-state index contributed by atoms with van der Waals surface area (Å²) in [5, 5.41) is 0. The van der Waals surface area contributed by atoms with E-state index in [1.165, 1.54) is 0 Å². The van der Waals surface area contributed by atoms with E-state index in [-0.39, 0.29) is 0 Å². The lowest BCUT2D eigenvalue weighted by Crippen LogP contribution is -2.15. The summed E-state index contributed by atoms with van der Waals surface area (Å²) in [5.41, 5.74) is -2.55. The summed E-state index contributed by atoms with van der Waals surface area (Å²) in [7, 11) is 0. The van der Waals surface area contributed by atoms with Gasteiger partial charge >= 0.3 is 6.29 Å². The van der Waals surface area contributed by atoms with Crippen molar-refractivity contribution in [2.24, 2.45) is 0 Å². The highest BCUT2D eigenvalue weighted by molar-refractivity contribution is 6.28. The minimum absolute atomic E-state index is 1.28. The Kier molecular flexibility index (Phi) is 1.82. The molecule has 0 radical (unpaired) electrons. The lowest BCUT2D eigenvalue weighted by atomic mass is 10.8. The van der Waals surface area contributed by atoms with Gasteiger partial charge in [0.05, 0.1) is 0 Å². The van der Waals surface area contributed by atoms with Gasteiger partial charge in [0.2, 0.25) is 0 Å². The van der Waals surface area contributed by atoms with Crippen molar-refractivity contribution in [3.05, 3.63) is 0 Å². The molecule has 0 spiro atoms. The van der Waals surface area contributed by atoms with Gasteiger partial charge in [-0.15, -0.1) is 8.78 Å². The zero-order chi connectivity index (χ0) is 7.07. The highest BCUT2D eigenvalue weighted by Crippen LogP contribution is 2.34. The largest absolute Gasteiger partial charge is 0.488 e. The van der Waals surface area contributed by atoms with Crippen LogP contribution in [-0.2, 0) is 9.47 Å². The third kappa shape index (κ3) is 1.64. The van der Waals surface area contributed by atoms with Crippen LogP contribution in [0.5, 0.6) is 0 Å². The molecule has 0 saturated carbocycles. The van der Waals surface area contributed by atoms with Gasteiger partial charge in [0.15, 0.2) is 11.1 Å². The van der Waals surface area contributed by atoms with Gasteiger partial charge in [-0.05, 0) is 0 Å². The predicted octanol–water partition coefficient (Wildman–Crippen LogP) is 1.71. The van der Waals surface area contributed by atoms with Crippen molar-refractivity contribution >= 4 is 23.2 Å². The molecule has 0 bridgehead atoms. The Morgan fingerprint density at radius 2 is 1.44 bits per heavy atom. The number of ether oxygens (including phenoxy) is 2. The first kappa shape index (κ1) is 7.47. The number of alkyl halides is 4. The first-order valence-electron chi connectivity index (χ1n) is 2.03. The smallest absolute Gasteiger partial charge is 0.272 e. The van der Waals surface area contributed by atoms with Gasteiger partial charge in [0.1, 0.15) is 0 Å². The summed E-state index contributed by atoms with van der Waals surface area (Å²) in [6.07, 6.45) is -3.63. The van der Waals surface area contributed by atoms with Crippen molar-refractivity contribution in [3.63, 3.8) is 0 Å². The molecule has 1 aliphatic rings. The Balaban J connectivity index is 2.54. The van der Waals surface area contributed by atoms with Crippen LogP contribution < -0.4 is 0 Å². The van der Waals surface area contributed by atoms with Gasteiger partial charge in [0.25, 0.3) is 0 Å². The van der Waals surface area contributed by atoms with Crippen LogP contribution in [0.2, 0.25) is 0 Å². The molecule has 0 aromatic rings. The summed E-state index contributed by atoms with van der Waals surface area (Å²) in [6, 6.07) is 0. The van der Waals surface area contributed by atoms with Crippen LogP contribution >= 0.6 is 23.2 Å². The molecule has 0 aliphatic carbocycles. The minimum atomic E-state index is -3.63. The van der Waals surface area contributed by atoms with Crippen molar-refractivity contribution in [3.8, 4) is 0 Å². The maximum atomic E-state index is 11.8. The average Bonchev–Trinajstić information content (AvgIpc) is 1.79. The Morgan fingerprint density at radius 1 is 1.11 bits per heavy atom. The second kappa shape index (κ2) is 2.20. The maximum absolute atomic E-state index is 11.8. The summed E-state index contributed by atoms with van der Waals surface area (Å²) >= 11 is 10.2. The van der Waals surface area contributed by atoms with Crippen LogP contribution in [0.4, 0.5) is 8.78 Å². The maximum Gasteiger partial charge on any atom is 0.488 e. The zero-order valence-electron chi connectivity index (χ0n) is 3.98. The molecule has 1 fully saturated rings. The topological polar surface area (TPSA) is 18.5 Å². The molecule has 1 aliphatic heterocycles. The second-order valence-corrected chi connectivity index (χ2v) is 2.26. The molecule has 0 amide bonds. The SMILES string of the molecule is FC1(F)O[C@@H](Cl)[C@@H](Cl)O1. The average molecular weight is 179 g/mol. The first-order valence-corrected chi connectivity index (χ1v) is 2.90. The van der Waals surface area contributed by atoms with E-state index in [9.17, 15) is 8.78 Å². The van der Waals surface area contributed by atoms with Crippen molar-refractivity contribution < 1.29 is 18.3 Å². The molecule has 0 aromatic heterocycles. The van der Waals surface area contributed by atoms with E-state index in [4.69, 9.17) is 23.2 Å². The van der Waals surface area contributed by atoms with Gasteiger partial charge in [-0.25, -0.2) is 0 Å². The Bertz CT molecular complexity index is 108. The van der Waals surface area contributed by atoms with E-state index in [2.05, 4.69) is 9.47 Å². The fraction of sp³-hybridized carbons (Fsp3) is 1.00. The third-order valence-electron chi connectivity index (χ3n) is 0.706. The van der Waals surface area contributed by atoms with E-state index in [0.29, 0.717) is 0 Å². The van der Waals surface area contributed by atoms with Gasteiger partial charge in [0, 0.05) is 0 Å². The van der Waals surface area contributed by atoms with E-state index in [1.54, 1.807) is 0 Å². The second-order valence-electron chi connectivity index (χ2n) is 1.40. The molecular formula is C3H2Cl2F2O2. The molecule has 0 aromatic carbocycles. The fourth-order valence-corrected chi connectivity index (χ4v) is 0.707. The van der Waals surface area contributed by atoms with Crippen LogP contribution in [0.3, 0.4) is 0 Å². The van der Waals surface area contributed by atoms with Gasteiger partial charge in [-0.2, -0.15) is 0 Å². The van der Waals surface area contributed by atoms with E-state index < -0.39 is 17.4 Å². The monoisotopic (exact) mass is 178 g/mol. The molecule has 54 valence electrons. The summed E-state index contributed by atoms with van der Waals surface area (Å²) in [6.45, 7) is 0. The summed E-state index contributed by atoms with van der Waals surface area (Å²) in [5.74, 6) is 0. The van der Waals surface area contributed by atoms with Crippen LogP contribution in [0.25, 0.3) is 0 Å². The van der Waals surface area contributed by atoms with E-state index in [1.807, 2.05) is 0 Å². The van der Waals surface area contributed by atoms with Crippen LogP contribution in [0.1, 0.15) is 0 Å². The molecule has 2 nitrogen and oxygen atoms in total. The molecule has 6 heteroatoms. The number of rotatable bonds is 0. The molecule has 1 heterocycles. The molecule has 0 unspecified atom stereocenters. The van der Waals surface area contributed by atoms with Crippen LogP contribution in [0, 0.1) is 0 Å². The van der Waals surface area contributed by atoms with Gasteiger partial charge < -0.3 is 0 Å². The zero-order valence-corrected chi connectivity index (χ0v) is 5.49. The number of hydrogen-bond donors (Lipinski definition) is 0. The highest BCUT2D eigenvalue weighted by Gasteiger charge is 2.48. The lowest BCUT2D eigenvalue weighted by Gasteiger charge is -2.02. The van der Waals surface area contributed by atoms with Gasteiger partial charge in [-0.3, -0.25) is 9.47 Å². The normalized spacial score (nSPS) is 41.3. The minimum Gasteiger partial charge on any atom is -0.272 e. The molecule has 9 heavy (non-hydrogen) atoms. The Labute approximate surface area is 59.6 Å². The predicted molar refractivity (Wildman–Crippen MR) is 26.4 cm³/mol. The van der Waals surface area contributed by atoms with Crippen molar-refractivity contribution in [2.45, 2.75) is 17.4 Å². The standard InChI is InChI=1S/C3H2Cl2F2O2/c4-1-2(5)9-3(6,7)8-1/h1-2H/t1-,2+. The molecule has 1 saturated heterocycles. The summed E-state index contributed by atoms with van der Waals surface area (Å²) < 4.78 is 31.1. The Hall–Kier alpha value is 0.360.